The summed E-state index contributed by atoms with van der Waals surface area (Å²) < 4.78 is 16.6. The van der Waals surface area contributed by atoms with Gasteiger partial charge in [-0.1, -0.05) is 0 Å². The van der Waals surface area contributed by atoms with Gasteiger partial charge in [0.05, 0.1) is 30.9 Å². The minimum atomic E-state index is -0.221. The van der Waals surface area contributed by atoms with Gasteiger partial charge in [-0.2, -0.15) is 0 Å². The van der Waals surface area contributed by atoms with Crippen molar-refractivity contribution in [2.75, 3.05) is 39.6 Å². The largest absolute Gasteiger partial charge is 0.508 e. The van der Waals surface area contributed by atoms with Gasteiger partial charge in [0, 0.05) is 17.7 Å². The highest BCUT2D eigenvalue weighted by atomic mass is 16.5. The van der Waals surface area contributed by atoms with Crippen LogP contribution in [0.5, 0.6) is 28.7 Å². The number of nitrogens with zero attached hydrogens (tertiary/aromatic N) is 3. The van der Waals surface area contributed by atoms with E-state index in [1.165, 1.54) is 18.2 Å². The van der Waals surface area contributed by atoms with E-state index < -0.39 is 0 Å². The number of benzene rings is 3. The van der Waals surface area contributed by atoms with Crippen molar-refractivity contribution in [1.29, 1.82) is 0 Å². The Labute approximate surface area is 218 Å². The summed E-state index contributed by atoms with van der Waals surface area (Å²) in [6.07, 6.45) is 0. The van der Waals surface area contributed by atoms with Gasteiger partial charge in [-0.3, -0.25) is 0 Å². The fraction of sp³-hybridized carbons (Fsp3) is 0.222. The van der Waals surface area contributed by atoms with Gasteiger partial charge in [0.1, 0.15) is 48.6 Å². The number of aromatic nitrogens is 3. The lowest BCUT2D eigenvalue weighted by Gasteiger charge is -2.14. The van der Waals surface area contributed by atoms with Crippen molar-refractivity contribution in [3.8, 4) is 62.9 Å². The van der Waals surface area contributed by atoms with Crippen LogP contribution in [0.1, 0.15) is 0 Å². The molecular formula is C27H27N3O8. The van der Waals surface area contributed by atoms with Crippen LogP contribution in [0, 0.1) is 0 Å². The number of hydrogen-bond donors (Lipinski definition) is 5. The van der Waals surface area contributed by atoms with Crippen molar-refractivity contribution in [3.05, 3.63) is 60.7 Å². The van der Waals surface area contributed by atoms with Gasteiger partial charge in [-0.15, -0.1) is 0 Å². The third-order valence-corrected chi connectivity index (χ3v) is 5.23. The second-order valence-electron chi connectivity index (χ2n) is 7.91. The van der Waals surface area contributed by atoms with Crippen molar-refractivity contribution in [3.63, 3.8) is 0 Å². The summed E-state index contributed by atoms with van der Waals surface area (Å²) in [5.41, 5.74) is 1.38. The molecule has 0 unspecified atom stereocenters. The molecule has 0 spiro atoms. The summed E-state index contributed by atoms with van der Waals surface area (Å²) >= 11 is 0. The van der Waals surface area contributed by atoms with Crippen LogP contribution in [-0.4, -0.2) is 80.1 Å². The Morgan fingerprint density at radius 2 is 1.08 bits per heavy atom. The monoisotopic (exact) mass is 521 g/mol. The highest BCUT2D eigenvalue weighted by molar-refractivity contribution is 5.73. The van der Waals surface area contributed by atoms with Crippen molar-refractivity contribution in [1.82, 2.24) is 15.0 Å². The highest BCUT2D eigenvalue weighted by Gasteiger charge is 2.18. The SMILES string of the molecule is OCCOc1ccc(-c2nc(-c3ccc(O)cc3)nc(-c3ccc(OCCO)cc3OCCO)n2)c(O)c1. The van der Waals surface area contributed by atoms with E-state index in [-0.39, 0.29) is 68.6 Å². The molecule has 198 valence electrons. The zero-order valence-corrected chi connectivity index (χ0v) is 20.3. The Morgan fingerprint density at radius 3 is 1.68 bits per heavy atom. The average molecular weight is 522 g/mol. The summed E-state index contributed by atoms with van der Waals surface area (Å²) in [6, 6.07) is 15.9. The number of hydrogen-bond acceptors (Lipinski definition) is 11. The van der Waals surface area contributed by atoms with Gasteiger partial charge in [0.15, 0.2) is 17.5 Å². The normalized spacial score (nSPS) is 10.8. The standard InChI is InChI=1S/C27H27N3O8/c31-9-12-36-19-5-7-21(23(35)15-19)26-28-25(17-1-3-18(34)4-2-17)29-27(30-26)22-8-6-20(37-13-10-32)16-24(22)38-14-11-33/h1-8,15-16,31-35H,9-14H2. The van der Waals surface area contributed by atoms with Gasteiger partial charge < -0.3 is 39.7 Å². The van der Waals surface area contributed by atoms with Crippen LogP contribution in [0.4, 0.5) is 0 Å². The van der Waals surface area contributed by atoms with Crippen LogP contribution in [0.25, 0.3) is 34.2 Å². The van der Waals surface area contributed by atoms with Crippen LogP contribution in [0.3, 0.4) is 0 Å². The zero-order valence-electron chi connectivity index (χ0n) is 20.3. The smallest absolute Gasteiger partial charge is 0.167 e. The van der Waals surface area contributed by atoms with Gasteiger partial charge in [-0.25, -0.2) is 15.0 Å². The molecule has 4 rings (SSSR count). The molecule has 0 saturated carbocycles. The van der Waals surface area contributed by atoms with E-state index >= 15 is 0 Å². The first-order valence-electron chi connectivity index (χ1n) is 11.8. The van der Waals surface area contributed by atoms with Gasteiger partial charge in [-0.05, 0) is 48.5 Å². The zero-order chi connectivity index (χ0) is 26.9. The maximum atomic E-state index is 10.7. The predicted molar refractivity (Wildman–Crippen MR) is 137 cm³/mol. The second-order valence-corrected chi connectivity index (χ2v) is 7.91. The number of phenols is 2. The van der Waals surface area contributed by atoms with Gasteiger partial charge in [0.25, 0.3) is 0 Å². The number of aromatic hydroxyl groups is 2. The van der Waals surface area contributed by atoms with E-state index in [4.69, 9.17) is 24.4 Å². The molecular weight excluding hydrogens is 494 g/mol. The second kappa shape index (κ2) is 12.7. The molecule has 3 aromatic carbocycles. The molecule has 1 heterocycles. The van der Waals surface area contributed by atoms with E-state index in [0.717, 1.165) is 0 Å². The minimum absolute atomic E-state index is 0.00923. The molecule has 0 aliphatic carbocycles. The molecule has 5 N–H and O–H groups in total. The topological polar surface area (TPSA) is 168 Å². The first kappa shape index (κ1) is 26.6. The fourth-order valence-corrected chi connectivity index (χ4v) is 3.53. The quantitative estimate of drug-likeness (QED) is 0.186. The first-order valence-corrected chi connectivity index (χ1v) is 11.8. The summed E-state index contributed by atoms with van der Waals surface area (Å²) in [5.74, 6) is 1.75. The number of aliphatic hydroxyl groups is 3. The summed E-state index contributed by atoms with van der Waals surface area (Å²) in [5, 5.41) is 47.8. The van der Waals surface area contributed by atoms with Crippen molar-refractivity contribution >= 4 is 0 Å². The van der Waals surface area contributed by atoms with Crippen LogP contribution in [0.15, 0.2) is 60.7 Å². The summed E-state index contributed by atoms with van der Waals surface area (Å²) in [6.45, 7) is -0.365. The van der Waals surface area contributed by atoms with Crippen molar-refractivity contribution in [2.24, 2.45) is 0 Å². The molecule has 38 heavy (non-hydrogen) atoms. The lowest BCUT2D eigenvalue weighted by atomic mass is 10.1. The molecule has 0 aliphatic rings. The van der Waals surface area contributed by atoms with Crippen LogP contribution in [-0.2, 0) is 0 Å². The van der Waals surface area contributed by atoms with Gasteiger partial charge >= 0.3 is 0 Å². The molecule has 11 heteroatoms. The maximum absolute atomic E-state index is 10.7. The Balaban J connectivity index is 1.85. The molecule has 0 fully saturated rings. The Hall–Kier alpha value is -4.45. The Kier molecular flexibility index (Phi) is 8.88. The van der Waals surface area contributed by atoms with Crippen LogP contribution < -0.4 is 14.2 Å². The molecule has 0 atom stereocenters. The maximum Gasteiger partial charge on any atom is 0.167 e. The molecule has 4 aromatic rings. The van der Waals surface area contributed by atoms with E-state index in [1.807, 2.05) is 0 Å². The average Bonchev–Trinajstić information content (AvgIpc) is 2.94. The fourth-order valence-electron chi connectivity index (χ4n) is 3.53. The summed E-state index contributed by atoms with van der Waals surface area (Å²) in [4.78, 5) is 13.8. The molecule has 11 nitrogen and oxygen atoms in total. The van der Waals surface area contributed by atoms with Crippen molar-refractivity contribution in [2.45, 2.75) is 0 Å². The Bertz CT molecular complexity index is 1370. The van der Waals surface area contributed by atoms with Crippen LogP contribution >= 0.6 is 0 Å². The summed E-state index contributed by atoms with van der Waals surface area (Å²) in [7, 11) is 0. The first-order chi connectivity index (χ1) is 18.5. The molecule has 0 amide bonds. The van der Waals surface area contributed by atoms with Gasteiger partial charge in [0.2, 0.25) is 0 Å². The molecule has 0 aliphatic heterocycles. The van der Waals surface area contributed by atoms with E-state index in [1.54, 1.807) is 42.5 Å². The lowest BCUT2D eigenvalue weighted by molar-refractivity contribution is 0.195. The predicted octanol–water partition coefficient (Wildman–Crippen LogP) is 2.40. The lowest BCUT2D eigenvalue weighted by Crippen LogP contribution is -2.06. The van der Waals surface area contributed by atoms with E-state index in [0.29, 0.717) is 33.9 Å². The van der Waals surface area contributed by atoms with E-state index in [9.17, 15) is 15.3 Å². The number of phenolic OH excluding ortho intramolecular Hbond substituents is 2. The molecule has 0 saturated heterocycles. The molecule has 0 bridgehead atoms. The third kappa shape index (κ3) is 6.45. The van der Waals surface area contributed by atoms with E-state index in [2.05, 4.69) is 15.0 Å². The van der Waals surface area contributed by atoms with Crippen LogP contribution in [0.2, 0.25) is 0 Å². The minimum Gasteiger partial charge on any atom is -0.508 e. The number of aliphatic hydroxyl groups excluding tert-OH is 3. The molecule has 0 radical (unpaired) electrons. The number of ether oxygens (including phenoxy) is 3. The Morgan fingerprint density at radius 1 is 0.553 bits per heavy atom. The number of rotatable bonds is 12. The highest BCUT2D eigenvalue weighted by Crippen LogP contribution is 2.36. The molecule has 1 aromatic heterocycles. The van der Waals surface area contributed by atoms with Crippen molar-refractivity contribution < 1.29 is 39.7 Å². The third-order valence-electron chi connectivity index (χ3n) is 5.23.